The Bertz CT molecular complexity index is 586. The summed E-state index contributed by atoms with van der Waals surface area (Å²) in [4.78, 5) is 4.41. The molecule has 1 unspecified atom stereocenters. The first-order valence-electron chi connectivity index (χ1n) is 5.83. The summed E-state index contributed by atoms with van der Waals surface area (Å²) in [7, 11) is 0. The average Bonchev–Trinajstić information content (AvgIpc) is 2.39. The number of nitrogens with zero attached hydrogens (tertiary/aromatic N) is 1. The number of hydrogen-bond acceptors (Lipinski definition) is 3. The molecule has 0 saturated heterocycles. The summed E-state index contributed by atoms with van der Waals surface area (Å²) >= 11 is 8.45. The molecule has 0 saturated carbocycles. The number of aromatic nitrogens is 1. The number of benzene rings is 1. The Labute approximate surface area is 126 Å². The van der Waals surface area contributed by atoms with E-state index in [0.29, 0.717) is 4.99 Å². The molecule has 3 nitrogen and oxygen atoms in total. The molecule has 0 fully saturated rings. The van der Waals surface area contributed by atoms with E-state index in [1.807, 2.05) is 30.3 Å². The number of pyridine rings is 1. The largest absolute Gasteiger partial charge is 0.389 e. The molecule has 0 spiro atoms. The fraction of sp³-hybridized carbons (Fsp3) is 0.143. The van der Waals surface area contributed by atoms with Crippen molar-refractivity contribution in [2.45, 2.75) is 13.0 Å². The normalized spacial score (nSPS) is 11.9. The Hall–Kier alpha value is -1.46. The SMILES string of the molecule is CC(Nc1ccc(C(N)=S)c(Br)c1)c1ccncc1. The van der Waals surface area contributed by atoms with E-state index in [4.69, 9.17) is 18.0 Å². The van der Waals surface area contributed by atoms with Gasteiger partial charge < -0.3 is 11.1 Å². The highest BCUT2D eigenvalue weighted by Crippen LogP contribution is 2.24. The smallest absolute Gasteiger partial charge is 0.105 e. The molecule has 0 aliphatic carbocycles. The minimum absolute atomic E-state index is 0.200. The predicted octanol–water partition coefficient (Wildman–Crippen LogP) is 3.65. The zero-order valence-corrected chi connectivity index (χ0v) is 12.8. The van der Waals surface area contributed by atoms with Crippen LogP contribution in [0.3, 0.4) is 0 Å². The van der Waals surface area contributed by atoms with Crippen LogP contribution in [-0.4, -0.2) is 9.97 Å². The van der Waals surface area contributed by atoms with Crippen LogP contribution in [0.25, 0.3) is 0 Å². The van der Waals surface area contributed by atoms with Crippen molar-refractivity contribution in [2.75, 3.05) is 5.32 Å². The van der Waals surface area contributed by atoms with Crippen molar-refractivity contribution in [1.82, 2.24) is 4.98 Å². The molecule has 0 bridgehead atoms. The van der Waals surface area contributed by atoms with Gasteiger partial charge in [-0.1, -0.05) is 12.2 Å². The monoisotopic (exact) mass is 335 g/mol. The summed E-state index contributed by atoms with van der Waals surface area (Å²) in [6.45, 7) is 2.10. The first-order chi connectivity index (χ1) is 9.08. The van der Waals surface area contributed by atoms with Gasteiger partial charge in [-0.15, -0.1) is 0 Å². The molecule has 1 atom stereocenters. The third-order valence-electron chi connectivity index (χ3n) is 2.82. The first-order valence-corrected chi connectivity index (χ1v) is 7.04. The summed E-state index contributed by atoms with van der Waals surface area (Å²) in [6.07, 6.45) is 3.58. The zero-order valence-electron chi connectivity index (χ0n) is 10.4. The summed E-state index contributed by atoms with van der Waals surface area (Å²) in [6, 6.07) is 10.1. The van der Waals surface area contributed by atoms with Crippen LogP contribution < -0.4 is 11.1 Å². The van der Waals surface area contributed by atoms with Crippen LogP contribution in [0.4, 0.5) is 5.69 Å². The summed E-state index contributed by atoms with van der Waals surface area (Å²) < 4.78 is 0.895. The maximum atomic E-state index is 5.63. The van der Waals surface area contributed by atoms with Crippen molar-refractivity contribution in [3.05, 3.63) is 58.3 Å². The van der Waals surface area contributed by atoms with E-state index in [-0.39, 0.29) is 6.04 Å². The maximum absolute atomic E-state index is 5.63. The third kappa shape index (κ3) is 3.52. The molecular weight excluding hydrogens is 322 g/mol. The number of nitrogens with one attached hydrogen (secondary N) is 1. The third-order valence-corrected chi connectivity index (χ3v) is 3.70. The predicted molar refractivity (Wildman–Crippen MR) is 86.3 cm³/mol. The fourth-order valence-corrected chi connectivity index (χ4v) is 2.69. The Morgan fingerprint density at radius 1 is 1.32 bits per heavy atom. The van der Waals surface area contributed by atoms with E-state index in [1.54, 1.807) is 12.4 Å². The first kappa shape index (κ1) is 14.0. The highest BCUT2D eigenvalue weighted by molar-refractivity contribution is 9.10. The molecule has 3 N–H and O–H groups in total. The standard InChI is InChI=1S/C14H14BrN3S/c1-9(10-4-6-17-7-5-10)18-11-2-3-12(14(16)19)13(15)8-11/h2-9,18H,1H3,(H2,16,19). The van der Waals surface area contributed by atoms with Gasteiger partial charge in [-0.3, -0.25) is 4.98 Å². The van der Waals surface area contributed by atoms with E-state index >= 15 is 0 Å². The molecule has 0 aliphatic rings. The Morgan fingerprint density at radius 2 is 2.00 bits per heavy atom. The minimum Gasteiger partial charge on any atom is -0.389 e. The lowest BCUT2D eigenvalue weighted by Gasteiger charge is -2.16. The molecule has 5 heteroatoms. The molecular formula is C14H14BrN3S. The molecule has 19 heavy (non-hydrogen) atoms. The number of halogens is 1. The average molecular weight is 336 g/mol. The van der Waals surface area contributed by atoms with Gasteiger partial charge in [-0.2, -0.15) is 0 Å². The molecule has 2 aromatic rings. The van der Waals surface area contributed by atoms with Crippen LogP contribution in [0.1, 0.15) is 24.1 Å². The Kier molecular flexibility index (Phi) is 4.50. The van der Waals surface area contributed by atoms with E-state index in [2.05, 4.69) is 33.2 Å². The van der Waals surface area contributed by atoms with Crippen LogP contribution in [0.5, 0.6) is 0 Å². The van der Waals surface area contributed by atoms with Crippen LogP contribution in [0.2, 0.25) is 0 Å². The molecule has 0 aliphatic heterocycles. The van der Waals surface area contributed by atoms with Gasteiger partial charge in [0.1, 0.15) is 4.99 Å². The molecule has 0 amide bonds. The van der Waals surface area contributed by atoms with Crippen LogP contribution >= 0.6 is 28.1 Å². The highest BCUT2D eigenvalue weighted by Gasteiger charge is 2.07. The van der Waals surface area contributed by atoms with Crippen molar-refractivity contribution in [1.29, 1.82) is 0 Å². The maximum Gasteiger partial charge on any atom is 0.105 e. The summed E-state index contributed by atoms with van der Waals surface area (Å²) in [5.74, 6) is 0. The van der Waals surface area contributed by atoms with Gasteiger partial charge in [0.15, 0.2) is 0 Å². The lowest BCUT2D eigenvalue weighted by molar-refractivity contribution is 0.880. The van der Waals surface area contributed by atoms with E-state index in [9.17, 15) is 0 Å². The molecule has 98 valence electrons. The van der Waals surface area contributed by atoms with Gasteiger partial charge in [0.2, 0.25) is 0 Å². The van der Waals surface area contributed by atoms with Crippen LogP contribution in [0.15, 0.2) is 47.2 Å². The number of hydrogen-bond donors (Lipinski definition) is 2. The number of nitrogens with two attached hydrogens (primary N) is 1. The Morgan fingerprint density at radius 3 is 2.58 bits per heavy atom. The fourth-order valence-electron chi connectivity index (χ4n) is 1.79. The molecule has 0 radical (unpaired) electrons. The van der Waals surface area contributed by atoms with Crippen molar-refractivity contribution in [3.63, 3.8) is 0 Å². The van der Waals surface area contributed by atoms with Crippen molar-refractivity contribution in [2.24, 2.45) is 5.73 Å². The van der Waals surface area contributed by atoms with Gasteiger partial charge in [-0.25, -0.2) is 0 Å². The van der Waals surface area contributed by atoms with Gasteiger partial charge in [-0.05, 0) is 58.7 Å². The van der Waals surface area contributed by atoms with Crippen LogP contribution in [-0.2, 0) is 0 Å². The van der Waals surface area contributed by atoms with Crippen LogP contribution in [0, 0.1) is 0 Å². The number of thiocarbonyl (C=S) groups is 1. The number of rotatable bonds is 4. The highest BCUT2D eigenvalue weighted by atomic mass is 79.9. The van der Waals surface area contributed by atoms with Crippen molar-refractivity contribution < 1.29 is 0 Å². The van der Waals surface area contributed by atoms with Gasteiger partial charge in [0.25, 0.3) is 0 Å². The molecule has 1 aromatic heterocycles. The van der Waals surface area contributed by atoms with E-state index in [0.717, 1.165) is 15.7 Å². The minimum atomic E-state index is 0.200. The molecule has 2 rings (SSSR count). The summed E-state index contributed by atoms with van der Waals surface area (Å²) in [5, 5.41) is 3.42. The zero-order chi connectivity index (χ0) is 13.8. The van der Waals surface area contributed by atoms with Crippen molar-refractivity contribution in [3.8, 4) is 0 Å². The van der Waals surface area contributed by atoms with E-state index in [1.165, 1.54) is 5.56 Å². The van der Waals surface area contributed by atoms with Gasteiger partial charge >= 0.3 is 0 Å². The van der Waals surface area contributed by atoms with E-state index < -0.39 is 0 Å². The van der Waals surface area contributed by atoms with Crippen molar-refractivity contribution >= 4 is 38.8 Å². The van der Waals surface area contributed by atoms with Gasteiger partial charge in [0, 0.05) is 34.2 Å². The second-order valence-corrected chi connectivity index (χ2v) is 5.50. The lowest BCUT2D eigenvalue weighted by Crippen LogP contribution is -2.11. The second-order valence-electron chi connectivity index (χ2n) is 4.21. The molecule has 1 heterocycles. The Balaban J connectivity index is 2.16. The topological polar surface area (TPSA) is 50.9 Å². The number of anilines is 1. The quantitative estimate of drug-likeness (QED) is 0.837. The summed E-state index contributed by atoms with van der Waals surface area (Å²) in [5.41, 5.74) is 8.67. The second kappa shape index (κ2) is 6.12. The van der Waals surface area contributed by atoms with Gasteiger partial charge in [0.05, 0.1) is 0 Å². The molecule has 1 aromatic carbocycles. The lowest BCUT2D eigenvalue weighted by atomic mass is 10.1.